The van der Waals surface area contributed by atoms with Crippen LogP contribution in [0.4, 0.5) is 10.1 Å². The highest BCUT2D eigenvalue weighted by Gasteiger charge is 2.33. The van der Waals surface area contributed by atoms with Gasteiger partial charge in [0.25, 0.3) is 0 Å². The highest BCUT2D eigenvalue weighted by Crippen LogP contribution is 2.30. The molecule has 4 rings (SSSR count). The minimum absolute atomic E-state index is 0.104. The number of thiocarbonyl (C=S) groups is 1. The van der Waals surface area contributed by atoms with Gasteiger partial charge in [0.1, 0.15) is 10.8 Å². The van der Waals surface area contributed by atoms with E-state index in [0.717, 1.165) is 12.2 Å². The van der Waals surface area contributed by atoms with Crippen LogP contribution in [0.25, 0.3) is 0 Å². The minimum Gasteiger partial charge on any atom is -0.389 e. The Morgan fingerprint density at radius 1 is 1.37 bits per heavy atom. The summed E-state index contributed by atoms with van der Waals surface area (Å²) in [7, 11) is 0. The van der Waals surface area contributed by atoms with Crippen LogP contribution in [0, 0.1) is 11.7 Å². The van der Waals surface area contributed by atoms with Gasteiger partial charge in [-0.05, 0) is 50.0 Å². The van der Waals surface area contributed by atoms with E-state index in [1.54, 1.807) is 6.07 Å². The van der Waals surface area contributed by atoms with Crippen LogP contribution in [0.5, 0.6) is 0 Å². The molecule has 0 aromatic heterocycles. The van der Waals surface area contributed by atoms with E-state index in [0.29, 0.717) is 17.5 Å². The van der Waals surface area contributed by atoms with Gasteiger partial charge in [-0.15, -0.1) is 0 Å². The van der Waals surface area contributed by atoms with Crippen molar-refractivity contribution >= 4 is 22.9 Å². The van der Waals surface area contributed by atoms with Crippen molar-refractivity contribution in [1.82, 2.24) is 4.90 Å². The Morgan fingerprint density at radius 2 is 2.11 bits per heavy atom. The molecule has 0 saturated carbocycles. The molecule has 102 valence electrons. The van der Waals surface area contributed by atoms with E-state index in [9.17, 15) is 4.39 Å². The molecule has 2 bridgehead atoms. The zero-order valence-electron chi connectivity index (χ0n) is 10.7. The first-order valence-corrected chi connectivity index (χ1v) is 7.12. The lowest BCUT2D eigenvalue weighted by atomic mass is 9.84. The van der Waals surface area contributed by atoms with E-state index in [2.05, 4.69) is 10.2 Å². The van der Waals surface area contributed by atoms with Crippen molar-refractivity contribution in [3.8, 4) is 0 Å². The van der Waals surface area contributed by atoms with E-state index in [1.165, 1.54) is 32.0 Å². The van der Waals surface area contributed by atoms with Gasteiger partial charge in [-0.3, -0.25) is 0 Å². The summed E-state index contributed by atoms with van der Waals surface area (Å²) in [5.41, 5.74) is 6.59. The molecule has 0 spiro atoms. The molecule has 1 atom stereocenters. The van der Waals surface area contributed by atoms with Crippen molar-refractivity contribution < 1.29 is 4.39 Å². The predicted molar refractivity (Wildman–Crippen MR) is 78.9 cm³/mol. The zero-order valence-corrected chi connectivity index (χ0v) is 11.5. The fourth-order valence-corrected chi connectivity index (χ4v) is 3.31. The molecule has 1 aromatic rings. The molecular weight excluding hydrogens is 261 g/mol. The van der Waals surface area contributed by atoms with Gasteiger partial charge in [0.15, 0.2) is 0 Å². The lowest BCUT2D eigenvalue weighted by Gasteiger charge is -2.45. The summed E-state index contributed by atoms with van der Waals surface area (Å²) in [6, 6.07) is 5.43. The number of rotatable bonds is 3. The van der Waals surface area contributed by atoms with Gasteiger partial charge in [0.05, 0.1) is 0 Å². The second-order valence-electron chi connectivity index (χ2n) is 5.45. The third-order valence-corrected chi connectivity index (χ3v) is 4.46. The van der Waals surface area contributed by atoms with Crippen molar-refractivity contribution in [2.45, 2.75) is 18.9 Å². The van der Waals surface area contributed by atoms with Gasteiger partial charge in [-0.2, -0.15) is 0 Å². The van der Waals surface area contributed by atoms with Crippen molar-refractivity contribution in [3.05, 3.63) is 29.6 Å². The summed E-state index contributed by atoms with van der Waals surface area (Å²) in [6.45, 7) is 3.47. The van der Waals surface area contributed by atoms with Crippen molar-refractivity contribution in [1.29, 1.82) is 0 Å². The van der Waals surface area contributed by atoms with Gasteiger partial charge in [-0.1, -0.05) is 12.2 Å². The van der Waals surface area contributed by atoms with Gasteiger partial charge in [-0.25, -0.2) is 4.39 Å². The molecule has 3 fully saturated rings. The third kappa shape index (κ3) is 2.58. The fraction of sp³-hybridized carbons (Fsp3) is 0.500. The van der Waals surface area contributed by atoms with Crippen molar-refractivity contribution in [2.24, 2.45) is 11.7 Å². The molecule has 3 nitrogen and oxygen atoms in total. The first-order chi connectivity index (χ1) is 9.13. The van der Waals surface area contributed by atoms with Crippen LogP contribution in [0.15, 0.2) is 18.2 Å². The first kappa shape index (κ1) is 12.8. The van der Waals surface area contributed by atoms with E-state index in [4.69, 9.17) is 18.0 Å². The zero-order chi connectivity index (χ0) is 13.4. The predicted octanol–water partition coefficient (Wildman–Crippen LogP) is 1.97. The fourth-order valence-electron chi connectivity index (χ4n) is 3.15. The molecule has 3 aliphatic heterocycles. The SMILES string of the molecule is NC(=S)c1ccc(NC2CN3CCC2CC3)cc1F. The maximum Gasteiger partial charge on any atom is 0.135 e. The second-order valence-corrected chi connectivity index (χ2v) is 5.89. The molecule has 5 heteroatoms. The van der Waals surface area contributed by atoms with Crippen LogP contribution in [0.1, 0.15) is 18.4 Å². The maximum absolute atomic E-state index is 13.8. The van der Waals surface area contributed by atoms with Crippen LogP contribution >= 0.6 is 12.2 Å². The topological polar surface area (TPSA) is 41.3 Å². The molecule has 0 aliphatic carbocycles. The number of piperidine rings is 3. The summed E-state index contributed by atoms with van der Waals surface area (Å²) >= 11 is 4.81. The van der Waals surface area contributed by atoms with Gasteiger partial charge < -0.3 is 16.0 Å². The third-order valence-electron chi connectivity index (χ3n) is 4.24. The molecule has 1 aromatic carbocycles. The van der Waals surface area contributed by atoms with Crippen LogP contribution < -0.4 is 11.1 Å². The standard InChI is InChI=1S/C14H18FN3S/c15-12-7-10(1-2-11(12)14(16)19)17-13-8-18-5-3-9(13)4-6-18/h1-2,7,9,13,17H,3-6,8H2,(H2,16,19). The summed E-state index contributed by atoms with van der Waals surface area (Å²) in [6.07, 6.45) is 2.48. The van der Waals surface area contributed by atoms with Gasteiger partial charge in [0.2, 0.25) is 0 Å². The van der Waals surface area contributed by atoms with E-state index in [1.807, 2.05) is 6.07 Å². The average Bonchev–Trinajstić information content (AvgIpc) is 2.39. The number of nitrogens with one attached hydrogen (secondary N) is 1. The van der Waals surface area contributed by atoms with Crippen LogP contribution in [-0.2, 0) is 0 Å². The first-order valence-electron chi connectivity index (χ1n) is 6.72. The van der Waals surface area contributed by atoms with Gasteiger partial charge in [0, 0.05) is 23.8 Å². The number of benzene rings is 1. The second kappa shape index (κ2) is 5.06. The minimum atomic E-state index is -0.348. The number of halogens is 1. The summed E-state index contributed by atoms with van der Waals surface area (Å²) in [5.74, 6) is 0.363. The van der Waals surface area contributed by atoms with Crippen LogP contribution in [0.3, 0.4) is 0 Å². The number of hydrogen-bond donors (Lipinski definition) is 2. The van der Waals surface area contributed by atoms with Crippen molar-refractivity contribution in [3.63, 3.8) is 0 Å². The monoisotopic (exact) mass is 279 g/mol. The molecule has 3 heterocycles. The molecule has 3 saturated heterocycles. The summed E-state index contributed by atoms with van der Waals surface area (Å²) < 4.78 is 13.8. The number of hydrogen-bond acceptors (Lipinski definition) is 3. The van der Waals surface area contributed by atoms with E-state index < -0.39 is 0 Å². The highest BCUT2D eigenvalue weighted by atomic mass is 32.1. The van der Waals surface area contributed by atoms with Gasteiger partial charge >= 0.3 is 0 Å². The van der Waals surface area contributed by atoms with Crippen molar-refractivity contribution in [2.75, 3.05) is 25.0 Å². The normalized spacial score (nSPS) is 29.2. The highest BCUT2D eigenvalue weighted by molar-refractivity contribution is 7.80. The Labute approximate surface area is 118 Å². The summed E-state index contributed by atoms with van der Waals surface area (Å²) in [5, 5.41) is 3.45. The molecule has 3 N–H and O–H groups in total. The Kier molecular flexibility index (Phi) is 3.41. The molecular formula is C14H18FN3S. The number of nitrogens with zero attached hydrogens (tertiary/aromatic N) is 1. The lowest BCUT2D eigenvalue weighted by molar-refractivity contribution is 0.0975. The largest absolute Gasteiger partial charge is 0.389 e. The van der Waals surface area contributed by atoms with Crippen LogP contribution in [-0.4, -0.2) is 35.6 Å². The number of anilines is 1. The maximum atomic E-state index is 13.8. The molecule has 3 aliphatic rings. The smallest absolute Gasteiger partial charge is 0.135 e. The Bertz CT molecular complexity index is 497. The quantitative estimate of drug-likeness (QED) is 0.830. The lowest BCUT2D eigenvalue weighted by Crippen LogP contribution is -2.53. The Hall–Kier alpha value is -1.20. The number of nitrogens with two attached hydrogens (primary N) is 1. The average molecular weight is 279 g/mol. The molecule has 0 radical (unpaired) electrons. The van der Waals surface area contributed by atoms with Crippen LogP contribution in [0.2, 0.25) is 0 Å². The van der Waals surface area contributed by atoms with E-state index >= 15 is 0 Å². The Morgan fingerprint density at radius 3 is 2.63 bits per heavy atom. The molecule has 0 amide bonds. The Balaban J connectivity index is 1.73. The number of fused-ring (bicyclic) bond motifs is 3. The molecule has 19 heavy (non-hydrogen) atoms. The van der Waals surface area contributed by atoms with E-state index in [-0.39, 0.29) is 10.8 Å². The molecule has 1 unspecified atom stereocenters. The summed E-state index contributed by atoms with van der Waals surface area (Å²) in [4.78, 5) is 2.57.